The number of nitrogens with one attached hydrogen (secondary N) is 1. The van der Waals surface area contributed by atoms with Crippen molar-refractivity contribution in [2.45, 2.75) is 45.1 Å². The van der Waals surface area contributed by atoms with E-state index in [9.17, 15) is 8.42 Å². The summed E-state index contributed by atoms with van der Waals surface area (Å²) in [6.07, 6.45) is 0.769. The summed E-state index contributed by atoms with van der Waals surface area (Å²) in [6.45, 7) is 7.74. The Bertz CT molecular complexity index is 510. The number of anilines is 1. The first kappa shape index (κ1) is 15.0. The van der Waals surface area contributed by atoms with Crippen molar-refractivity contribution in [2.75, 3.05) is 5.73 Å². The molecule has 1 aromatic carbocycles. The molecule has 1 aromatic rings. The van der Waals surface area contributed by atoms with Crippen LogP contribution in [-0.4, -0.2) is 14.5 Å². The molecular weight excluding hydrogens is 248 g/mol. The predicted octanol–water partition coefficient (Wildman–Crippen LogP) is 2.29. The maximum atomic E-state index is 12.3. The number of hydrogen-bond acceptors (Lipinski definition) is 3. The molecule has 0 saturated carbocycles. The molecule has 0 aromatic heterocycles. The van der Waals surface area contributed by atoms with Gasteiger partial charge in [0.2, 0.25) is 10.0 Å². The summed E-state index contributed by atoms with van der Waals surface area (Å²) in [4.78, 5) is 0.302. The van der Waals surface area contributed by atoms with Crippen molar-refractivity contribution in [3.8, 4) is 0 Å². The van der Waals surface area contributed by atoms with Gasteiger partial charge in [0.05, 0.1) is 4.90 Å². The van der Waals surface area contributed by atoms with E-state index in [2.05, 4.69) is 4.72 Å². The van der Waals surface area contributed by atoms with E-state index in [0.29, 0.717) is 16.1 Å². The topological polar surface area (TPSA) is 72.2 Å². The van der Waals surface area contributed by atoms with E-state index < -0.39 is 10.0 Å². The molecule has 0 aliphatic rings. The standard InChI is InChI=1S/C13H22N2O2S/c1-5-12(9(2)3)15-18(16,17)13-7-6-11(14)8-10(13)4/h6-9,12,15H,5,14H2,1-4H3. The van der Waals surface area contributed by atoms with Gasteiger partial charge in [0, 0.05) is 11.7 Å². The summed E-state index contributed by atoms with van der Waals surface area (Å²) in [7, 11) is -3.47. The van der Waals surface area contributed by atoms with Gasteiger partial charge in [-0.2, -0.15) is 0 Å². The van der Waals surface area contributed by atoms with Crippen LogP contribution in [0.4, 0.5) is 5.69 Å². The van der Waals surface area contributed by atoms with Gasteiger partial charge in [-0.15, -0.1) is 0 Å². The first-order chi connectivity index (χ1) is 8.27. The fourth-order valence-corrected chi connectivity index (χ4v) is 3.62. The Hall–Kier alpha value is -1.07. The maximum Gasteiger partial charge on any atom is 0.241 e. The van der Waals surface area contributed by atoms with Crippen LogP contribution in [0.1, 0.15) is 32.8 Å². The fraction of sp³-hybridized carbons (Fsp3) is 0.538. The van der Waals surface area contributed by atoms with Crippen LogP contribution in [-0.2, 0) is 10.0 Å². The minimum absolute atomic E-state index is 0.0491. The Morgan fingerprint density at radius 3 is 2.39 bits per heavy atom. The van der Waals surface area contributed by atoms with Crippen molar-refractivity contribution in [3.63, 3.8) is 0 Å². The van der Waals surface area contributed by atoms with Crippen LogP contribution in [0.5, 0.6) is 0 Å². The molecule has 0 saturated heterocycles. The molecule has 0 fully saturated rings. The molecule has 1 atom stereocenters. The third kappa shape index (κ3) is 3.46. The minimum Gasteiger partial charge on any atom is -0.399 e. The van der Waals surface area contributed by atoms with E-state index in [4.69, 9.17) is 5.73 Å². The summed E-state index contributed by atoms with van der Waals surface area (Å²) in [5.74, 6) is 0.263. The minimum atomic E-state index is -3.47. The molecule has 102 valence electrons. The van der Waals surface area contributed by atoms with Crippen molar-refractivity contribution < 1.29 is 8.42 Å². The predicted molar refractivity (Wildman–Crippen MR) is 74.8 cm³/mol. The molecule has 18 heavy (non-hydrogen) atoms. The second kappa shape index (κ2) is 5.71. The van der Waals surface area contributed by atoms with Crippen LogP contribution >= 0.6 is 0 Å². The van der Waals surface area contributed by atoms with Crippen molar-refractivity contribution in [1.82, 2.24) is 4.72 Å². The number of nitrogen functional groups attached to an aromatic ring is 1. The SMILES string of the molecule is CCC(NS(=O)(=O)c1ccc(N)cc1C)C(C)C. The lowest BCUT2D eigenvalue weighted by atomic mass is 10.0. The molecule has 0 spiro atoms. The van der Waals surface area contributed by atoms with E-state index in [-0.39, 0.29) is 12.0 Å². The molecule has 3 N–H and O–H groups in total. The summed E-state index contributed by atoms with van der Waals surface area (Å²) < 4.78 is 27.3. The third-order valence-electron chi connectivity index (χ3n) is 3.04. The average molecular weight is 270 g/mol. The Morgan fingerprint density at radius 2 is 1.94 bits per heavy atom. The van der Waals surface area contributed by atoms with Gasteiger partial charge in [-0.1, -0.05) is 20.8 Å². The van der Waals surface area contributed by atoms with Gasteiger partial charge in [-0.3, -0.25) is 0 Å². The summed E-state index contributed by atoms with van der Waals surface area (Å²) in [5, 5.41) is 0. The summed E-state index contributed by atoms with van der Waals surface area (Å²) >= 11 is 0. The maximum absolute atomic E-state index is 12.3. The van der Waals surface area contributed by atoms with E-state index in [1.54, 1.807) is 25.1 Å². The monoisotopic (exact) mass is 270 g/mol. The van der Waals surface area contributed by atoms with E-state index >= 15 is 0 Å². The molecule has 1 rings (SSSR count). The zero-order valence-corrected chi connectivity index (χ0v) is 12.2. The van der Waals surface area contributed by atoms with Gasteiger partial charge < -0.3 is 5.73 Å². The largest absolute Gasteiger partial charge is 0.399 e. The van der Waals surface area contributed by atoms with E-state index in [1.165, 1.54) is 0 Å². The van der Waals surface area contributed by atoms with Crippen LogP contribution < -0.4 is 10.5 Å². The molecule has 0 aliphatic carbocycles. The van der Waals surface area contributed by atoms with Crippen molar-refractivity contribution in [3.05, 3.63) is 23.8 Å². The number of sulfonamides is 1. The number of hydrogen-bond donors (Lipinski definition) is 2. The highest BCUT2D eigenvalue weighted by atomic mass is 32.2. The van der Waals surface area contributed by atoms with Crippen LogP contribution in [0.15, 0.2) is 23.1 Å². The molecule has 0 radical (unpaired) electrons. The van der Waals surface area contributed by atoms with Gasteiger partial charge in [-0.25, -0.2) is 13.1 Å². The number of benzene rings is 1. The van der Waals surface area contributed by atoms with E-state index in [0.717, 1.165) is 6.42 Å². The average Bonchev–Trinajstić information content (AvgIpc) is 2.24. The molecule has 1 unspecified atom stereocenters. The van der Waals surface area contributed by atoms with E-state index in [1.807, 2.05) is 20.8 Å². The van der Waals surface area contributed by atoms with Crippen LogP contribution in [0.2, 0.25) is 0 Å². The molecule has 0 bridgehead atoms. The van der Waals surface area contributed by atoms with Crippen LogP contribution in [0.3, 0.4) is 0 Å². The molecule has 0 aliphatic heterocycles. The Balaban J connectivity index is 3.06. The normalized spacial score (nSPS) is 13.8. The van der Waals surface area contributed by atoms with Gasteiger partial charge in [0.1, 0.15) is 0 Å². The fourth-order valence-electron chi connectivity index (χ4n) is 1.93. The van der Waals surface area contributed by atoms with Crippen molar-refractivity contribution in [2.24, 2.45) is 5.92 Å². The van der Waals surface area contributed by atoms with Crippen molar-refractivity contribution >= 4 is 15.7 Å². The molecule has 5 heteroatoms. The lowest BCUT2D eigenvalue weighted by Gasteiger charge is -2.21. The Labute approximate surface area is 110 Å². The molecule has 0 heterocycles. The number of nitrogens with two attached hydrogens (primary N) is 1. The summed E-state index contributed by atoms with van der Waals surface area (Å²) in [5.41, 5.74) is 6.87. The van der Waals surface area contributed by atoms with Crippen LogP contribution in [0.25, 0.3) is 0 Å². The molecular formula is C13H22N2O2S. The lowest BCUT2D eigenvalue weighted by molar-refractivity contribution is 0.437. The van der Waals surface area contributed by atoms with Crippen LogP contribution in [0, 0.1) is 12.8 Å². The van der Waals surface area contributed by atoms with Gasteiger partial charge in [0.25, 0.3) is 0 Å². The van der Waals surface area contributed by atoms with Gasteiger partial charge in [0.15, 0.2) is 0 Å². The first-order valence-electron chi connectivity index (χ1n) is 6.16. The van der Waals surface area contributed by atoms with Crippen molar-refractivity contribution in [1.29, 1.82) is 0 Å². The van der Waals surface area contributed by atoms with Gasteiger partial charge >= 0.3 is 0 Å². The highest BCUT2D eigenvalue weighted by Crippen LogP contribution is 2.19. The quantitative estimate of drug-likeness (QED) is 0.806. The smallest absolute Gasteiger partial charge is 0.241 e. The number of aryl methyl sites for hydroxylation is 1. The first-order valence-corrected chi connectivity index (χ1v) is 7.64. The third-order valence-corrected chi connectivity index (χ3v) is 4.69. The lowest BCUT2D eigenvalue weighted by Crippen LogP contribution is -2.38. The zero-order valence-electron chi connectivity index (χ0n) is 11.4. The second-order valence-electron chi connectivity index (χ2n) is 4.90. The summed E-state index contributed by atoms with van der Waals surface area (Å²) in [6, 6.07) is 4.79. The van der Waals surface area contributed by atoms with Gasteiger partial charge in [-0.05, 0) is 43.0 Å². The molecule has 0 amide bonds. The second-order valence-corrected chi connectivity index (χ2v) is 6.59. The highest BCUT2D eigenvalue weighted by molar-refractivity contribution is 7.89. The zero-order chi connectivity index (χ0) is 13.9. The number of rotatable bonds is 5. The molecule has 4 nitrogen and oxygen atoms in total. The highest BCUT2D eigenvalue weighted by Gasteiger charge is 2.22. The Morgan fingerprint density at radius 1 is 1.33 bits per heavy atom. The Kier molecular flexibility index (Phi) is 4.76.